The topological polar surface area (TPSA) is 72.6 Å². The zero-order valence-electron chi connectivity index (χ0n) is 14.2. The van der Waals surface area contributed by atoms with Crippen molar-refractivity contribution in [2.24, 2.45) is 0 Å². The van der Waals surface area contributed by atoms with Crippen LogP contribution in [0.2, 0.25) is 0 Å². The van der Waals surface area contributed by atoms with E-state index in [0.717, 1.165) is 33.6 Å². The van der Waals surface area contributed by atoms with E-state index in [-0.39, 0.29) is 0 Å². The van der Waals surface area contributed by atoms with E-state index in [1.807, 2.05) is 35.9 Å². The summed E-state index contributed by atoms with van der Waals surface area (Å²) < 4.78 is 9.36. The lowest BCUT2D eigenvalue weighted by Crippen LogP contribution is -2.21. The van der Waals surface area contributed by atoms with Crippen LogP contribution in [0, 0.1) is 19.3 Å². The molecule has 0 aliphatic heterocycles. The van der Waals surface area contributed by atoms with Gasteiger partial charge in [0.05, 0.1) is 31.1 Å². The van der Waals surface area contributed by atoms with Gasteiger partial charge in [0.25, 0.3) is 0 Å². The Balaban J connectivity index is 1.82. The van der Waals surface area contributed by atoms with Gasteiger partial charge in [-0.3, -0.25) is 10.4 Å². The highest BCUT2D eigenvalue weighted by Crippen LogP contribution is 2.21. The van der Waals surface area contributed by atoms with Crippen LogP contribution in [-0.4, -0.2) is 19.1 Å². The van der Waals surface area contributed by atoms with Gasteiger partial charge in [-0.15, -0.1) is 0 Å². The Morgan fingerprint density at radius 2 is 2.04 bits per heavy atom. The standard InChI is InChI=1S/C19H19N5O/c1-13-14(2)24(10-15-5-3-7-21-9-15)19-17(13)18(20)23(12-22-19)11-16-6-4-8-25-16/h3-9,12,20H,10-11H2,1-2H3. The van der Waals surface area contributed by atoms with E-state index in [4.69, 9.17) is 9.83 Å². The Labute approximate surface area is 144 Å². The fourth-order valence-corrected chi connectivity index (χ4v) is 3.15. The molecular formula is C19H19N5O. The van der Waals surface area contributed by atoms with Crippen LogP contribution in [0.1, 0.15) is 22.6 Å². The number of hydrogen-bond acceptors (Lipinski definition) is 4. The quantitative estimate of drug-likeness (QED) is 0.624. The number of pyridine rings is 1. The molecule has 4 aromatic heterocycles. The minimum atomic E-state index is 0.451. The van der Waals surface area contributed by atoms with E-state index in [0.29, 0.717) is 18.6 Å². The fraction of sp³-hybridized carbons (Fsp3) is 0.211. The van der Waals surface area contributed by atoms with Crippen molar-refractivity contribution in [3.63, 3.8) is 0 Å². The number of furan rings is 1. The second kappa shape index (κ2) is 6.05. The van der Waals surface area contributed by atoms with Crippen LogP contribution in [0.3, 0.4) is 0 Å². The summed E-state index contributed by atoms with van der Waals surface area (Å²) in [6.45, 7) is 5.32. The van der Waals surface area contributed by atoms with Crippen molar-refractivity contribution < 1.29 is 4.42 Å². The Hall–Kier alpha value is -3.15. The Morgan fingerprint density at radius 3 is 2.76 bits per heavy atom. The van der Waals surface area contributed by atoms with Gasteiger partial charge in [0.15, 0.2) is 0 Å². The molecule has 0 fully saturated rings. The van der Waals surface area contributed by atoms with Gasteiger partial charge < -0.3 is 13.6 Å². The summed E-state index contributed by atoms with van der Waals surface area (Å²) in [5.74, 6) is 0.809. The van der Waals surface area contributed by atoms with Gasteiger partial charge >= 0.3 is 0 Å². The Morgan fingerprint density at radius 1 is 1.16 bits per heavy atom. The molecule has 0 spiro atoms. The lowest BCUT2D eigenvalue weighted by atomic mass is 10.2. The Bertz CT molecular complexity index is 1070. The minimum absolute atomic E-state index is 0.451. The molecule has 6 heteroatoms. The molecule has 6 nitrogen and oxygen atoms in total. The summed E-state index contributed by atoms with van der Waals surface area (Å²) in [6.07, 6.45) is 6.99. The summed E-state index contributed by atoms with van der Waals surface area (Å²) in [5, 5.41) is 9.51. The number of rotatable bonds is 4. The van der Waals surface area contributed by atoms with E-state index in [2.05, 4.69) is 27.5 Å². The molecule has 0 aliphatic rings. The van der Waals surface area contributed by atoms with Crippen molar-refractivity contribution in [1.82, 2.24) is 19.1 Å². The highest BCUT2D eigenvalue weighted by molar-refractivity contribution is 5.80. The summed E-state index contributed by atoms with van der Waals surface area (Å²) in [4.78, 5) is 8.83. The van der Waals surface area contributed by atoms with Crippen molar-refractivity contribution in [3.8, 4) is 0 Å². The molecule has 0 saturated carbocycles. The van der Waals surface area contributed by atoms with Gasteiger partial charge in [-0.2, -0.15) is 0 Å². The third-order valence-corrected chi connectivity index (χ3v) is 4.62. The van der Waals surface area contributed by atoms with E-state index in [1.54, 1.807) is 18.8 Å². The Kier molecular flexibility index (Phi) is 3.72. The molecule has 126 valence electrons. The van der Waals surface area contributed by atoms with Gasteiger partial charge in [0, 0.05) is 18.1 Å². The molecule has 0 atom stereocenters. The van der Waals surface area contributed by atoms with Gasteiger partial charge in [0.2, 0.25) is 0 Å². The van der Waals surface area contributed by atoms with Crippen molar-refractivity contribution in [1.29, 1.82) is 5.41 Å². The van der Waals surface area contributed by atoms with Crippen LogP contribution in [0.4, 0.5) is 0 Å². The van der Waals surface area contributed by atoms with Crippen molar-refractivity contribution in [2.45, 2.75) is 26.9 Å². The zero-order valence-corrected chi connectivity index (χ0v) is 14.2. The maximum Gasteiger partial charge on any atom is 0.146 e. The minimum Gasteiger partial charge on any atom is -0.467 e. The molecule has 4 heterocycles. The van der Waals surface area contributed by atoms with Gasteiger partial charge in [-0.05, 0) is 43.2 Å². The second-order valence-corrected chi connectivity index (χ2v) is 6.16. The third-order valence-electron chi connectivity index (χ3n) is 4.62. The molecule has 0 saturated heterocycles. The van der Waals surface area contributed by atoms with Crippen LogP contribution < -0.4 is 5.49 Å². The predicted octanol–water partition coefficient (Wildman–Crippen LogP) is 3.02. The molecule has 25 heavy (non-hydrogen) atoms. The highest BCUT2D eigenvalue weighted by atomic mass is 16.3. The van der Waals surface area contributed by atoms with Crippen molar-refractivity contribution >= 4 is 11.0 Å². The van der Waals surface area contributed by atoms with Crippen LogP contribution >= 0.6 is 0 Å². The first-order chi connectivity index (χ1) is 12.1. The van der Waals surface area contributed by atoms with Crippen LogP contribution in [-0.2, 0) is 13.1 Å². The number of nitrogens with zero attached hydrogens (tertiary/aromatic N) is 4. The highest BCUT2D eigenvalue weighted by Gasteiger charge is 2.15. The lowest BCUT2D eigenvalue weighted by molar-refractivity contribution is 0.486. The van der Waals surface area contributed by atoms with Gasteiger partial charge in [0.1, 0.15) is 16.9 Å². The van der Waals surface area contributed by atoms with Gasteiger partial charge in [-0.25, -0.2) is 4.98 Å². The predicted molar refractivity (Wildman–Crippen MR) is 94.2 cm³/mol. The summed E-state index contributed by atoms with van der Waals surface area (Å²) >= 11 is 0. The van der Waals surface area contributed by atoms with E-state index < -0.39 is 0 Å². The maximum atomic E-state index is 8.63. The van der Waals surface area contributed by atoms with Crippen LogP contribution in [0.15, 0.2) is 53.7 Å². The monoisotopic (exact) mass is 333 g/mol. The average Bonchev–Trinajstić information content (AvgIpc) is 3.21. The molecule has 1 N–H and O–H groups in total. The summed E-state index contributed by atoms with van der Waals surface area (Å²) in [7, 11) is 0. The molecule has 0 aromatic carbocycles. The average molecular weight is 333 g/mol. The molecule has 0 bridgehead atoms. The number of hydrogen-bond donors (Lipinski definition) is 1. The van der Waals surface area contributed by atoms with Crippen LogP contribution in [0.25, 0.3) is 11.0 Å². The molecule has 4 aromatic rings. The van der Waals surface area contributed by atoms with Gasteiger partial charge in [-0.1, -0.05) is 6.07 Å². The SMILES string of the molecule is Cc1c(C)n(Cc2cccnc2)c2ncn(Cc3ccco3)c(=N)c12. The molecule has 4 rings (SSSR count). The molecule has 0 radical (unpaired) electrons. The molecule has 0 aliphatic carbocycles. The summed E-state index contributed by atoms with van der Waals surface area (Å²) in [6, 6.07) is 7.74. The van der Waals surface area contributed by atoms with Crippen molar-refractivity contribution in [3.05, 3.63) is 77.3 Å². The number of nitrogens with one attached hydrogen (secondary N) is 1. The zero-order chi connectivity index (χ0) is 17.4. The number of aromatic nitrogens is 4. The van der Waals surface area contributed by atoms with Crippen LogP contribution in [0.5, 0.6) is 0 Å². The normalized spacial score (nSPS) is 11.3. The van der Waals surface area contributed by atoms with E-state index >= 15 is 0 Å². The smallest absolute Gasteiger partial charge is 0.146 e. The lowest BCUT2D eigenvalue weighted by Gasteiger charge is -2.09. The molecule has 0 amide bonds. The fourth-order valence-electron chi connectivity index (χ4n) is 3.15. The third kappa shape index (κ3) is 2.65. The first-order valence-electron chi connectivity index (χ1n) is 8.16. The van der Waals surface area contributed by atoms with E-state index in [1.165, 1.54) is 0 Å². The molecular weight excluding hydrogens is 314 g/mol. The second-order valence-electron chi connectivity index (χ2n) is 6.16. The first-order valence-corrected chi connectivity index (χ1v) is 8.16. The molecule has 0 unspecified atom stereocenters. The van der Waals surface area contributed by atoms with Crippen molar-refractivity contribution in [2.75, 3.05) is 0 Å². The number of fused-ring (bicyclic) bond motifs is 1. The van der Waals surface area contributed by atoms with E-state index in [9.17, 15) is 0 Å². The first kappa shape index (κ1) is 15.4. The maximum absolute atomic E-state index is 8.63. The number of aryl methyl sites for hydroxylation is 1. The largest absolute Gasteiger partial charge is 0.467 e. The summed E-state index contributed by atoms with van der Waals surface area (Å²) in [5.41, 5.74) is 4.61.